The summed E-state index contributed by atoms with van der Waals surface area (Å²) in [7, 11) is 0. The summed E-state index contributed by atoms with van der Waals surface area (Å²) in [5.41, 5.74) is 0. The Hall–Kier alpha value is -1.98. The average molecular weight is 611 g/mol. The second kappa shape index (κ2) is 35.2. The Balaban J connectivity index is 3.07. The van der Waals surface area contributed by atoms with E-state index in [9.17, 15) is 9.59 Å². The van der Waals surface area contributed by atoms with Crippen LogP contribution in [-0.2, 0) is 66.4 Å². The fourth-order valence-electron chi connectivity index (χ4n) is 2.60. The smallest absolute Gasteiger partial charge is 0.330 e. The van der Waals surface area contributed by atoms with Gasteiger partial charge in [-0.3, -0.25) is 0 Å². The number of ether oxygens (including phenoxy) is 12. The number of carbonyl (C=O) groups excluding carboxylic acids is 2. The maximum atomic E-state index is 10.8. The third-order valence-electron chi connectivity index (χ3n) is 4.63. The van der Waals surface area contributed by atoms with Gasteiger partial charge in [-0.05, 0) is 0 Å². The van der Waals surface area contributed by atoms with Crippen molar-refractivity contribution in [2.45, 2.75) is 0 Å². The molecule has 0 amide bonds. The summed E-state index contributed by atoms with van der Waals surface area (Å²) in [5.74, 6) is -0.926. The van der Waals surface area contributed by atoms with Crippen LogP contribution >= 0.6 is 0 Å². The molecule has 0 heterocycles. The topological polar surface area (TPSA) is 145 Å². The van der Waals surface area contributed by atoms with E-state index in [-0.39, 0.29) is 13.2 Å². The minimum atomic E-state index is -0.463. The average Bonchev–Trinajstić information content (AvgIpc) is 3.00. The van der Waals surface area contributed by atoms with Gasteiger partial charge in [0, 0.05) is 12.2 Å². The van der Waals surface area contributed by atoms with E-state index in [0.717, 1.165) is 12.2 Å². The van der Waals surface area contributed by atoms with Crippen molar-refractivity contribution in [3.8, 4) is 0 Å². The molecule has 0 aliphatic heterocycles. The summed E-state index contributed by atoms with van der Waals surface area (Å²) in [6, 6.07) is 0. The molecule has 0 bridgehead atoms. The van der Waals surface area contributed by atoms with Crippen LogP contribution in [0, 0.1) is 0 Å². The predicted octanol–water partition coefficient (Wildman–Crippen LogP) is 0.611. The molecular weight excluding hydrogens is 560 g/mol. The van der Waals surface area contributed by atoms with Crippen molar-refractivity contribution in [2.24, 2.45) is 0 Å². The first-order chi connectivity index (χ1) is 20.7. The molecule has 0 spiro atoms. The monoisotopic (exact) mass is 610 g/mol. The van der Waals surface area contributed by atoms with Gasteiger partial charge in [0.1, 0.15) is 13.2 Å². The SMILES string of the molecule is C=CC(=O)OCCOCCOCCOCCOCCOCCOCCOCCOCCOCCOCCOC(=O)C=C. The molecule has 0 atom stereocenters. The van der Waals surface area contributed by atoms with Gasteiger partial charge >= 0.3 is 11.9 Å². The second-order valence-corrected chi connectivity index (χ2v) is 7.87. The Morgan fingerprint density at radius 1 is 0.310 bits per heavy atom. The number of hydrogen-bond acceptors (Lipinski definition) is 14. The van der Waals surface area contributed by atoms with Gasteiger partial charge in [-0.1, -0.05) is 13.2 Å². The zero-order valence-corrected chi connectivity index (χ0v) is 24.8. The number of carbonyl (C=O) groups is 2. The summed E-state index contributed by atoms with van der Waals surface area (Å²) in [4.78, 5) is 21.6. The molecule has 0 aliphatic rings. The van der Waals surface area contributed by atoms with E-state index < -0.39 is 11.9 Å². The van der Waals surface area contributed by atoms with E-state index in [1.165, 1.54) is 0 Å². The van der Waals surface area contributed by atoms with E-state index in [4.69, 9.17) is 56.8 Å². The maximum absolute atomic E-state index is 10.8. The van der Waals surface area contributed by atoms with Crippen LogP contribution in [0.5, 0.6) is 0 Å². The van der Waals surface area contributed by atoms with Gasteiger partial charge in [-0.15, -0.1) is 0 Å². The Morgan fingerprint density at radius 2 is 0.452 bits per heavy atom. The van der Waals surface area contributed by atoms with Crippen LogP contribution in [0.25, 0.3) is 0 Å². The first-order valence-electron chi connectivity index (χ1n) is 14.1. The standard InChI is InChI=1S/C28H50O14/c1-3-27(29)41-25-23-39-21-19-37-17-15-35-13-11-33-9-7-31-5-6-32-8-10-34-12-14-36-16-18-38-20-22-40-24-26-42-28(30)4-2/h3-4H,1-2,5-26H2. The Morgan fingerprint density at radius 3 is 0.595 bits per heavy atom. The molecule has 42 heavy (non-hydrogen) atoms. The first-order valence-corrected chi connectivity index (χ1v) is 14.1. The minimum Gasteiger partial charge on any atom is -0.460 e. The molecule has 0 aromatic heterocycles. The molecule has 0 N–H and O–H groups in total. The number of hydrogen-bond donors (Lipinski definition) is 0. The minimum absolute atomic E-state index is 0.194. The lowest BCUT2D eigenvalue weighted by Gasteiger charge is -2.09. The largest absolute Gasteiger partial charge is 0.460 e. The highest BCUT2D eigenvalue weighted by atomic mass is 16.6. The van der Waals surface area contributed by atoms with Crippen molar-refractivity contribution in [3.63, 3.8) is 0 Å². The van der Waals surface area contributed by atoms with Gasteiger partial charge in [-0.2, -0.15) is 0 Å². The quantitative estimate of drug-likeness (QED) is 0.0561. The Bertz CT molecular complexity index is 567. The molecule has 0 rings (SSSR count). The number of esters is 2. The van der Waals surface area contributed by atoms with E-state index in [0.29, 0.717) is 132 Å². The number of rotatable bonds is 35. The lowest BCUT2D eigenvalue weighted by Crippen LogP contribution is -2.15. The zero-order chi connectivity index (χ0) is 30.6. The molecule has 0 unspecified atom stereocenters. The summed E-state index contributed by atoms with van der Waals surface area (Å²) in [6.07, 6.45) is 2.22. The molecule has 0 aromatic carbocycles. The Labute approximate surface area is 249 Å². The molecule has 14 heteroatoms. The van der Waals surface area contributed by atoms with Crippen LogP contribution in [0.1, 0.15) is 0 Å². The molecule has 14 nitrogen and oxygen atoms in total. The third kappa shape index (κ3) is 34.2. The van der Waals surface area contributed by atoms with Crippen LogP contribution in [0.15, 0.2) is 25.3 Å². The molecule has 0 radical (unpaired) electrons. The second-order valence-electron chi connectivity index (χ2n) is 7.87. The normalized spacial score (nSPS) is 11.0. The highest BCUT2D eigenvalue weighted by Gasteiger charge is 1.98. The van der Waals surface area contributed by atoms with Gasteiger partial charge in [0.2, 0.25) is 0 Å². The van der Waals surface area contributed by atoms with Crippen molar-refractivity contribution in [1.29, 1.82) is 0 Å². The fraction of sp³-hybridized carbons (Fsp3) is 0.786. The van der Waals surface area contributed by atoms with E-state index in [2.05, 4.69) is 13.2 Å². The summed E-state index contributed by atoms with van der Waals surface area (Å²) in [5, 5.41) is 0. The van der Waals surface area contributed by atoms with Crippen molar-refractivity contribution in [1.82, 2.24) is 0 Å². The van der Waals surface area contributed by atoms with Crippen LogP contribution in [0.2, 0.25) is 0 Å². The van der Waals surface area contributed by atoms with Crippen molar-refractivity contribution >= 4 is 11.9 Å². The van der Waals surface area contributed by atoms with Crippen molar-refractivity contribution < 1.29 is 66.4 Å². The molecular formula is C28H50O14. The van der Waals surface area contributed by atoms with E-state index >= 15 is 0 Å². The fourth-order valence-corrected chi connectivity index (χ4v) is 2.60. The van der Waals surface area contributed by atoms with Crippen molar-refractivity contribution in [3.05, 3.63) is 25.3 Å². The van der Waals surface area contributed by atoms with Crippen LogP contribution in [0.3, 0.4) is 0 Å². The molecule has 0 fully saturated rings. The molecule has 0 aromatic rings. The lowest BCUT2D eigenvalue weighted by molar-refractivity contribution is -0.140. The van der Waals surface area contributed by atoms with Gasteiger partial charge < -0.3 is 56.8 Å². The van der Waals surface area contributed by atoms with Gasteiger partial charge in [0.15, 0.2) is 0 Å². The van der Waals surface area contributed by atoms with Crippen LogP contribution in [-0.4, -0.2) is 157 Å². The van der Waals surface area contributed by atoms with E-state index in [1.54, 1.807) is 0 Å². The zero-order valence-electron chi connectivity index (χ0n) is 24.8. The summed E-state index contributed by atoms with van der Waals surface area (Å²) >= 11 is 0. The Kier molecular flexibility index (Phi) is 33.6. The summed E-state index contributed by atoms with van der Waals surface area (Å²) < 4.78 is 63.4. The van der Waals surface area contributed by atoms with Gasteiger partial charge in [0.05, 0.1) is 132 Å². The molecule has 246 valence electrons. The van der Waals surface area contributed by atoms with Crippen molar-refractivity contribution in [2.75, 3.05) is 145 Å². The first kappa shape index (κ1) is 40.0. The predicted molar refractivity (Wildman–Crippen MR) is 151 cm³/mol. The molecule has 0 saturated heterocycles. The van der Waals surface area contributed by atoms with Crippen LogP contribution in [0.4, 0.5) is 0 Å². The maximum Gasteiger partial charge on any atom is 0.330 e. The molecule has 0 saturated carbocycles. The van der Waals surface area contributed by atoms with Gasteiger partial charge in [-0.25, -0.2) is 9.59 Å². The van der Waals surface area contributed by atoms with Crippen LogP contribution < -0.4 is 0 Å². The van der Waals surface area contributed by atoms with Gasteiger partial charge in [0.25, 0.3) is 0 Å². The van der Waals surface area contributed by atoms with E-state index in [1.807, 2.05) is 0 Å². The molecule has 0 aliphatic carbocycles. The third-order valence-corrected chi connectivity index (χ3v) is 4.63. The highest BCUT2D eigenvalue weighted by molar-refractivity contribution is 5.81. The lowest BCUT2D eigenvalue weighted by atomic mass is 10.6. The highest BCUT2D eigenvalue weighted by Crippen LogP contribution is 1.88. The summed E-state index contributed by atoms with van der Waals surface area (Å²) in [6.45, 7) is 16.0.